The Morgan fingerprint density at radius 1 is 0.356 bits per heavy atom. The van der Waals surface area contributed by atoms with Crippen LogP contribution in [-0.4, -0.2) is 41.3 Å². The molecule has 0 heterocycles. The van der Waals surface area contributed by atoms with Gasteiger partial charge < -0.3 is 10.6 Å². The van der Waals surface area contributed by atoms with Gasteiger partial charge in [0.25, 0.3) is 0 Å². The van der Waals surface area contributed by atoms with Gasteiger partial charge in [-0.25, -0.2) is 0 Å². The van der Waals surface area contributed by atoms with E-state index in [0.29, 0.717) is 23.7 Å². The largest absolute Gasteiger partial charge is 4.00 e. The molecule has 0 aliphatic heterocycles. The summed E-state index contributed by atoms with van der Waals surface area (Å²) in [5.41, 5.74) is 20.3. The zero-order chi connectivity index (χ0) is 70.8. The summed E-state index contributed by atoms with van der Waals surface area (Å²) in [4.78, 5) is 9.74. The normalized spacial score (nSPS) is 12.1. The second kappa shape index (κ2) is 58.9. The summed E-state index contributed by atoms with van der Waals surface area (Å²) in [5.74, 6) is 1.98. The molecule has 9 aromatic carbocycles. The van der Waals surface area contributed by atoms with Crippen molar-refractivity contribution in [2.75, 3.05) is 18.4 Å². The molecule has 0 spiro atoms. The molecule has 8 heteroatoms. The van der Waals surface area contributed by atoms with E-state index < -0.39 is 0 Å². The molecule has 2 aliphatic rings. The van der Waals surface area contributed by atoms with Crippen LogP contribution in [0.2, 0.25) is 0 Å². The molecule has 1 N–H and O–H groups in total. The quantitative estimate of drug-likeness (QED) is 0.0658. The summed E-state index contributed by atoms with van der Waals surface area (Å²) in [6, 6.07) is 82.5. The van der Waals surface area contributed by atoms with E-state index >= 15 is 0 Å². The number of benzene rings is 9. The Morgan fingerprint density at radius 2 is 0.614 bits per heavy atom. The first-order valence-electron chi connectivity index (χ1n) is 35.2. The summed E-state index contributed by atoms with van der Waals surface area (Å²) in [6.45, 7) is 50.5. The van der Waals surface area contributed by atoms with Crippen LogP contribution >= 0.6 is 0 Å². The van der Waals surface area contributed by atoms with Crippen molar-refractivity contribution in [3.8, 4) is 0 Å². The monoisotopic (exact) mass is 1670 g/mol. The fourth-order valence-electron chi connectivity index (χ4n) is 9.76. The van der Waals surface area contributed by atoms with E-state index in [1.54, 1.807) is 0 Å². The van der Waals surface area contributed by atoms with Crippen LogP contribution in [0.25, 0.3) is 5.32 Å². The van der Waals surface area contributed by atoms with Crippen molar-refractivity contribution in [3.05, 3.63) is 387 Å². The van der Waals surface area contributed by atoms with Crippen molar-refractivity contribution < 1.29 is 51.7 Å². The molecule has 2 aliphatic carbocycles. The van der Waals surface area contributed by atoms with E-state index in [4.69, 9.17) is 15.3 Å². The maximum atomic E-state index is 5.15. The molecular formula is C93H116B2Hf2N4-4. The summed E-state index contributed by atoms with van der Waals surface area (Å²) in [5, 5.41) is 8.94. The number of rotatable bonds is 14. The van der Waals surface area contributed by atoms with Gasteiger partial charge in [-0.1, -0.05) is 184 Å². The number of nitrogens with one attached hydrogen (secondary N) is 1. The summed E-state index contributed by atoms with van der Waals surface area (Å²) in [6.07, 6.45) is 16.2. The maximum absolute atomic E-state index is 5.15. The summed E-state index contributed by atoms with van der Waals surface area (Å²) >= 11 is 0. The smallest absolute Gasteiger partial charge is 0.656 e. The Kier molecular flexibility index (Phi) is 55.7. The molecule has 0 fully saturated rings. The van der Waals surface area contributed by atoms with Gasteiger partial charge >= 0.3 is 25.8 Å². The number of hydrogen-bond donors (Lipinski definition) is 1. The van der Waals surface area contributed by atoms with Crippen LogP contribution in [-0.2, 0) is 51.7 Å². The van der Waals surface area contributed by atoms with E-state index in [9.17, 15) is 0 Å². The first-order chi connectivity index (χ1) is 46.8. The number of allylic oxidation sites excluding steroid dienone is 4. The molecule has 9 aromatic rings. The Bertz CT molecular complexity index is 3030. The molecule has 11 rings (SSSR count). The van der Waals surface area contributed by atoms with Crippen molar-refractivity contribution in [2.45, 2.75) is 157 Å². The third-order valence-corrected chi connectivity index (χ3v) is 15.3. The average molecular weight is 1670 g/mol. The number of aliphatic imine (C=N–C) groups is 2. The minimum atomic E-state index is 0. The third kappa shape index (κ3) is 43.0. The van der Waals surface area contributed by atoms with Gasteiger partial charge in [-0.05, 0) is 86.2 Å². The summed E-state index contributed by atoms with van der Waals surface area (Å²) in [7, 11) is 0. The minimum absolute atomic E-state index is 0. The van der Waals surface area contributed by atoms with Gasteiger partial charge in [-0.15, -0.1) is 96.3 Å². The van der Waals surface area contributed by atoms with Gasteiger partial charge in [0.05, 0.1) is 11.4 Å². The first kappa shape index (κ1) is 95.4. The van der Waals surface area contributed by atoms with Gasteiger partial charge in [-0.2, -0.15) is 172 Å². The Labute approximate surface area is 658 Å². The van der Waals surface area contributed by atoms with Crippen LogP contribution in [0, 0.1) is 48.5 Å². The minimum Gasteiger partial charge on any atom is -0.656 e. The molecule has 101 heavy (non-hydrogen) atoms. The van der Waals surface area contributed by atoms with Gasteiger partial charge in [-0.3, -0.25) is 9.98 Å². The molecule has 526 valence electrons. The Balaban J connectivity index is 0. The molecule has 4 nitrogen and oxygen atoms in total. The predicted molar refractivity (Wildman–Crippen MR) is 442 cm³/mol. The molecule has 0 unspecified atom stereocenters. The molecular weight excluding hydrogens is 1550 g/mol. The Hall–Kier alpha value is -7.64. The predicted octanol–water partition coefficient (Wildman–Crippen LogP) is 26.2. The molecule has 0 aromatic heterocycles. The molecule has 0 bridgehead atoms. The van der Waals surface area contributed by atoms with E-state index in [-0.39, 0.29) is 68.5 Å². The molecule has 0 saturated carbocycles. The fraction of sp³-hybridized carbons (Fsp3) is 0.280. The van der Waals surface area contributed by atoms with Crippen LogP contribution < -0.4 is 5.32 Å². The van der Waals surface area contributed by atoms with Gasteiger partial charge in [0.15, 0.2) is 0 Å². The average Bonchev–Trinajstić information content (AvgIpc) is 0.830. The van der Waals surface area contributed by atoms with E-state index in [0.717, 1.165) is 89.8 Å². The number of para-hydroxylation sites is 2. The van der Waals surface area contributed by atoms with Gasteiger partial charge in [0, 0.05) is 67.2 Å². The van der Waals surface area contributed by atoms with Crippen LogP contribution in [0.3, 0.4) is 0 Å². The van der Waals surface area contributed by atoms with Crippen molar-refractivity contribution in [1.82, 2.24) is 0 Å². The van der Waals surface area contributed by atoms with Crippen LogP contribution in [0.4, 0.5) is 11.4 Å². The van der Waals surface area contributed by atoms with Crippen molar-refractivity contribution in [3.63, 3.8) is 0 Å². The zero-order valence-corrected chi connectivity index (χ0v) is 70.3. The van der Waals surface area contributed by atoms with Crippen molar-refractivity contribution >= 4 is 39.6 Å². The SMILES string of the molecule is CCCCN=C1CCCC=C1Nc1c(C(C)C)cccc1C(C)C.CCCCN=C1CCCC=C1[N-]c1c(C(C)C)cccc1C(C)C.[B].[B].[CH2-]c1ccccc1.[CH2-]c1ccccc1.[CH2-]c1ccccc1.[CH2-]c1ccccc1.[CH2-]c1ccccc1.[CH2-]c1ccccc1.[CH2-]c1ccccc1.[Hf+4].[Hf]. The molecule has 0 amide bonds. The van der Waals surface area contributed by atoms with Gasteiger partial charge in [0.2, 0.25) is 0 Å². The van der Waals surface area contributed by atoms with Crippen LogP contribution in [0.1, 0.15) is 218 Å². The van der Waals surface area contributed by atoms with E-state index in [1.807, 2.05) is 212 Å². The van der Waals surface area contributed by atoms with Crippen LogP contribution in [0.5, 0.6) is 0 Å². The number of anilines is 1. The first-order valence-corrected chi connectivity index (χ1v) is 35.2. The Morgan fingerprint density at radius 3 is 0.871 bits per heavy atom. The van der Waals surface area contributed by atoms with Crippen molar-refractivity contribution in [2.24, 2.45) is 9.98 Å². The molecule has 0 atom stereocenters. The van der Waals surface area contributed by atoms with E-state index in [2.05, 4.69) is 172 Å². The number of hydrogen-bond acceptors (Lipinski definition) is 3. The second-order valence-corrected chi connectivity index (χ2v) is 25.2. The topological polar surface area (TPSA) is 50.9 Å². The summed E-state index contributed by atoms with van der Waals surface area (Å²) < 4.78 is 0. The number of unbranched alkanes of at least 4 members (excludes halogenated alkanes) is 2. The molecule has 0 saturated heterocycles. The molecule has 6 radical (unpaired) electrons. The number of nitrogens with zero attached hydrogens (tertiary/aromatic N) is 3. The third-order valence-electron chi connectivity index (χ3n) is 15.3. The standard InChI is InChI=1S/C22H34N2.C22H33N2.7C7H7.2B.2Hf/c2*1-6-7-15-23-20-13-8-9-14-21(20)24-22-18(16(2)3)11-10-12-19(22)17(4)5;7*1-7-5-3-2-4-6-7;;;;/h10-12,14,16-17,24H,6-9,13,15H2,1-5H3;10-12,14,16-17H,6-9,13,15H2,1-5H3;7*2-6H,1H2;;;;/q;8*-1;;;;+4. The van der Waals surface area contributed by atoms with E-state index in [1.165, 1.54) is 82.9 Å². The van der Waals surface area contributed by atoms with Crippen molar-refractivity contribution in [1.29, 1.82) is 0 Å². The fourth-order valence-corrected chi connectivity index (χ4v) is 9.76. The second-order valence-electron chi connectivity index (χ2n) is 25.2. The maximum Gasteiger partial charge on any atom is 4.00 e. The van der Waals surface area contributed by atoms with Crippen LogP contribution in [0.15, 0.2) is 282 Å². The zero-order valence-electron chi connectivity index (χ0n) is 63.1. The van der Waals surface area contributed by atoms with Gasteiger partial charge in [0.1, 0.15) is 0 Å².